The van der Waals surface area contributed by atoms with Gasteiger partial charge in [-0.2, -0.15) is 0 Å². The molecule has 0 aromatic heterocycles. The van der Waals surface area contributed by atoms with Gasteiger partial charge in [0.25, 0.3) is 0 Å². The van der Waals surface area contributed by atoms with Gasteiger partial charge in [0, 0.05) is 12.8 Å². The zero-order valence-electron chi connectivity index (χ0n) is 35.6. The Morgan fingerprint density at radius 2 is 1.02 bits per heavy atom. The van der Waals surface area contributed by atoms with Crippen LogP contribution in [0.25, 0.3) is 0 Å². The standard InChI is InChI=1S/C46H76NO10P/c1-3-5-7-9-11-13-15-17-19-20-21-22-24-25-27-29-31-33-35-37-44(48)54-39-42(40-55-58(52,53)56-41-43(47)46(50)51)57-45(49)38-36-34-32-30-28-26-23-18-16-14-12-10-8-6-4-2/h5,7,11,13-14,16-19,21-23,25,27,42-43H,3-4,6,8-10,12,15,20,24,26,28-41,47H2,1-2H3,(H,50,51)(H,52,53)/b7-5+,13-11+,16-14+,19-17+,22-21+,23-18+,27-25+/t42-,43+/m1/s1. The molecule has 0 aromatic carbocycles. The van der Waals surface area contributed by atoms with Crippen LogP contribution in [0, 0.1) is 0 Å². The van der Waals surface area contributed by atoms with E-state index in [1.54, 1.807) is 0 Å². The van der Waals surface area contributed by atoms with E-state index in [1.165, 1.54) is 25.7 Å². The number of unbranched alkanes of at least 4 members (excludes halogenated alkanes) is 12. The van der Waals surface area contributed by atoms with Gasteiger partial charge in [-0.3, -0.25) is 23.4 Å². The molecule has 58 heavy (non-hydrogen) atoms. The molecule has 0 aliphatic heterocycles. The molecule has 11 nitrogen and oxygen atoms in total. The summed E-state index contributed by atoms with van der Waals surface area (Å²) in [6.07, 6.45) is 49.3. The van der Waals surface area contributed by atoms with E-state index in [0.717, 1.165) is 89.9 Å². The Morgan fingerprint density at radius 3 is 1.57 bits per heavy atom. The highest BCUT2D eigenvalue weighted by molar-refractivity contribution is 7.47. The third-order valence-corrected chi connectivity index (χ3v) is 9.61. The van der Waals surface area contributed by atoms with Crippen molar-refractivity contribution >= 4 is 25.7 Å². The molecule has 0 rings (SSSR count). The summed E-state index contributed by atoms with van der Waals surface area (Å²) >= 11 is 0. The zero-order chi connectivity index (χ0) is 42.8. The van der Waals surface area contributed by atoms with Gasteiger partial charge in [0.2, 0.25) is 0 Å². The molecule has 1 unspecified atom stereocenters. The van der Waals surface area contributed by atoms with Gasteiger partial charge >= 0.3 is 25.7 Å². The molecule has 0 aliphatic rings. The van der Waals surface area contributed by atoms with E-state index in [4.69, 9.17) is 24.8 Å². The predicted molar refractivity (Wildman–Crippen MR) is 235 cm³/mol. The molecule has 0 aromatic rings. The second-order valence-electron chi connectivity index (χ2n) is 14.1. The first kappa shape index (κ1) is 54.7. The molecule has 0 amide bonds. The number of rotatable bonds is 39. The van der Waals surface area contributed by atoms with Crippen LogP contribution in [0.3, 0.4) is 0 Å². The van der Waals surface area contributed by atoms with Crippen LogP contribution in [0.2, 0.25) is 0 Å². The van der Waals surface area contributed by atoms with Gasteiger partial charge in [0.1, 0.15) is 12.6 Å². The molecular formula is C46H76NO10P. The molecule has 3 atom stereocenters. The summed E-state index contributed by atoms with van der Waals surface area (Å²) in [5.74, 6) is -2.45. The fraction of sp³-hybridized carbons (Fsp3) is 0.630. The number of carboxylic acid groups (broad SMARTS) is 1. The van der Waals surface area contributed by atoms with E-state index >= 15 is 0 Å². The van der Waals surface area contributed by atoms with E-state index < -0.39 is 51.1 Å². The Hall–Kier alpha value is -3.34. The fourth-order valence-corrected chi connectivity index (χ4v) is 6.03. The predicted octanol–water partition coefficient (Wildman–Crippen LogP) is 11.5. The van der Waals surface area contributed by atoms with Crippen molar-refractivity contribution in [2.75, 3.05) is 19.8 Å². The number of nitrogens with two attached hydrogens (primary N) is 1. The maximum Gasteiger partial charge on any atom is 0.472 e. The van der Waals surface area contributed by atoms with Crippen molar-refractivity contribution in [1.82, 2.24) is 0 Å². The van der Waals surface area contributed by atoms with Crippen LogP contribution in [-0.4, -0.2) is 59.9 Å². The number of allylic oxidation sites excluding steroid dienone is 14. The van der Waals surface area contributed by atoms with Crippen molar-refractivity contribution in [2.45, 2.75) is 167 Å². The first-order valence-corrected chi connectivity index (χ1v) is 23.1. The summed E-state index contributed by atoms with van der Waals surface area (Å²) in [4.78, 5) is 45.9. The minimum atomic E-state index is -4.73. The molecule has 12 heteroatoms. The molecule has 0 saturated carbocycles. The number of ether oxygens (including phenoxy) is 2. The van der Waals surface area contributed by atoms with Crippen molar-refractivity contribution in [3.8, 4) is 0 Å². The van der Waals surface area contributed by atoms with Crippen LogP contribution in [0.5, 0.6) is 0 Å². The zero-order valence-corrected chi connectivity index (χ0v) is 36.5. The number of carbonyl (C=O) groups excluding carboxylic acids is 2. The molecule has 4 N–H and O–H groups in total. The fourth-order valence-electron chi connectivity index (χ4n) is 5.26. The number of carboxylic acids is 1. The second-order valence-corrected chi connectivity index (χ2v) is 15.6. The number of carbonyl (C=O) groups is 3. The highest BCUT2D eigenvalue weighted by Gasteiger charge is 2.28. The van der Waals surface area contributed by atoms with Gasteiger partial charge in [0.05, 0.1) is 13.2 Å². The molecule has 0 radical (unpaired) electrons. The van der Waals surface area contributed by atoms with Crippen LogP contribution in [-0.2, 0) is 37.5 Å². The summed E-state index contributed by atoms with van der Waals surface area (Å²) in [5.41, 5.74) is 5.33. The second kappa shape index (κ2) is 40.4. The third kappa shape index (κ3) is 39.5. The van der Waals surface area contributed by atoms with Gasteiger partial charge in [0.15, 0.2) is 6.10 Å². The Labute approximate surface area is 350 Å². The van der Waals surface area contributed by atoms with E-state index in [1.807, 2.05) is 0 Å². The van der Waals surface area contributed by atoms with Crippen LogP contribution in [0.1, 0.15) is 155 Å². The summed E-state index contributed by atoms with van der Waals surface area (Å²) in [5, 5.41) is 8.89. The lowest BCUT2D eigenvalue weighted by Gasteiger charge is -2.20. The van der Waals surface area contributed by atoms with Crippen molar-refractivity contribution in [2.24, 2.45) is 5.73 Å². The van der Waals surface area contributed by atoms with E-state index in [-0.39, 0.29) is 19.4 Å². The smallest absolute Gasteiger partial charge is 0.472 e. The Kier molecular flexibility index (Phi) is 38.1. The van der Waals surface area contributed by atoms with Crippen molar-refractivity contribution in [3.05, 3.63) is 85.1 Å². The van der Waals surface area contributed by atoms with Gasteiger partial charge in [-0.25, -0.2) is 4.57 Å². The number of phosphoric acid groups is 1. The first-order chi connectivity index (χ1) is 28.1. The average Bonchev–Trinajstić information content (AvgIpc) is 3.20. The topological polar surface area (TPSA) is 172 Å². The lowest BCUT2D eigenvalue weighted by molar-refractivity contribution is -0.161. The molecule has 0 aliphatic carbocycles. The maximum absolute atomic E-state index is 12.6. The SMILES string of the molecule is CC/C=C/C/C=C/C/C=C/C/C=C/C/C=C/CCCCCC(=O)OC[C@H](COP(=O)(O)OC[C@H](N)C(=O)O)OC(=O)CCCCCCC/C=C/C=C/CCCCCC. The van der Waals surface area contributed by atoms with Crippen LogP contribution in [0.4, 0.5) is 0 Å². The number of esters is 2. The van der Waals surface area contributed by atoms with Crippen LogP contribution < -0.4 is 5.73 Å². The lowest BCUT2D eigenvalue weighted by atomic mass is 10.1. The highest BCUT2D eigenvalue weighted by Crippen LogP contribution is 2.43. The Balaban J connectivity index is 4.47. The number of aliphatic carboxylic acids is 1. The highest BCUT2D eigenvalue weighted by atomic mass is 31.2. The van der Waals surface area contributed by atoms with Crippen molar-refractivity contribution in [3.63, 3.8) is 0 Å². The Bertz CT molecular complexity index is 1300. The van der Waals surface area contributed by atoms with Crippen molar-refractivity contribution in [1.29, 1.82) is 0 Å². The Morgan fingerprint density at radius 1 is 0.569 bits per heavy atom. The maximum atomic E-state index is 12.6. The van der Waals surface area contributed by atoms with E-state index in [2.05, 4.69) is 103 Å². The molecule has 0 fully saturated rings. The molecule has 0 spiro atoms. The van der Waals surface area contributed by atoms with Gasteiger partial charge in [-0.1, -0.05) is 144 Å². The first-order valence-electron chi connectivity index (χ1n) is 21.6. The normalized spacial score (nSPS) is 14.6. The molecule has 330 valence electrons. The van der Waals surface area contributed by atoms with Crippen LogP contribution in [0.15, 0.2) is 85.1 Å². The minimum Gasteiger partial charge on any atom is -0.480 e. The average molecular weight is 834 g/mol. The van der Waals surface area contributed by atoms with Crippen molar-refractivity contribution < 1.29 is 47.5 Å². The monoisotopic (exact) mass is 834 g/mol. The molecule has 0 heterocycles. The summed E-state index contributed by atoms with van der Waals surface area (Å²) in [7, 11) is -4.73. The van der Waals surface area contributed by atoms with Crippen LogP contribution >= 0.6 is 7.82 Å². The number of hydrogen-bond acceptors (Lipinski definition) is 9. The van der Waals surface area contributed by atoms with Gasteiger partial charge < -0.3 is 25.2 Å². The van der Waals surface area contributed by atoms with Gasteiger partial charge in [-0.15, -0.1) is 0 Å². The molecule has 0 saturated heterocycles. The number of phosphoric ester groups is 1. The van der Waals surface area contributed by atoms with Gasteiger partial charge in [-0.05, 0) is 83.5 Å². The lowest BCUT2D eigenvalue weighted by Crippen LogP contribution is -2.34. The van der Waals surface area contributed by atoms with E-state index in [9.17, 15) is 23.8 Å². The summed E-state index contributed by atoms with van der Waals surface area (Å²) in [6.45, 7) is 2.60. The van der Waals surface area contributed by atoms with E-state index in [0.29, 0.717) is 12.8 Å². The number of hydrogen-bond donors (Lipinski definition) is 3. The third-order valence-electron chi connectivity index (χ3n) is 8.66. The largest absolute Gasteiger partial charge is 0.480 e. The summed E-state index contributed by atoms with van der Waals surface area (Å²) < 4.78 is 32.6. The summed E-state index contributed by atoms with van der Waals surface area (Å²) in [6, 6.07) is -1.53. The molecular weight excluding hydrogens is 757 g/mol. The molecule has 0 bridgehead atoms. The minimum absolute atomic E-state index is 0.131. The quantitative estimate of drug-likeness (QED) is 0.0177.